The molecule has 0 atom stereocenters. The lowest BCUT2D eigenvalue weighted by molar-refractivity contribution is 0.0939. The Morgan fingerprint density at radius 3 is 2.63 bits per heavy atom. The van der Waals surface area contributed by atoms with Crippen LogP contribution in [0.15, 0.2) is 18.2 Å². The molecule has 0 bridgehead atoms. The summed E-state index contributed by atoms with van der Waals surface area (Å²) in [5.41, 5.74) is 7.98. The second-order valence-corrected chi connectivity index (χ2v) is 5.78. The largest absolute Gasteiger partial charge is 0.352 e. The van der Waals surface area contributed by atoms with Crippen LogP contribution in [0.3, 0.4) is 0 Å². The highest BCUT2D eigenvalue weighted by molar-refractivity contribution is 5.94. The summed E-state index contributed by atoms with van der Waals surface area (Å²) in [6.45, 7) is 9.18. The number of hydrogen-bond donors (Lipinski definition) is 2. The highest BCUT2D eigenvalue weighted by Crippen LogP contribution is 2.13. The van der Waals surface area contributed by atoms with Crippen LogP contribution in [0.4, 0.5) is 0 Å². The molecule has 19 heavy (non-hydrogen) atoms. The van der Waals surface area contributed by atoms with Crippen LogP contribution in [0, 0.1) is 24.2 Å². The van der Waals surface area contributed by atoms with Crippen molar-refractivity contribution in [2.45, 2.75) is 27.7 Å². The number of carbonyl (C=O) groups is 1. The van der Waals surface area contributed by atoms with Gasteiger partial charge in [-0.1, -0.05) is 38.7 Å². The third kappa shape index (κ3) is 5.15. The fourth-order valence-electron chi connectivity index (χ4n) is 1.49. The Balaban J connectivity index is 2.87. The molecule has 0 aliphatic carbocycles. The molecule has 102 valence electrons. The molecule has 0 radical (unpaired) electrons. The van der Waals surface area contributed by atoms with Crippen LogP contribution in [-0.2, 0) is 0 Å². The van der Waals surface area contributed by atoms with Crippen molar-refractivity contribution in [1.82, 2.24) is 5.32 Å². The Kier molecular flexibility index (Phi) is 5.14. The Hall–Kier alpha value is -1.79. The van der Waals surface area contributed by atoms with Gasteiger partial charge in [-0.05, 0) is 30.0 Å². The normalized spacial score (nSPS) is 10.6. The molecule has 0 saturated heterocycles. The lowest BCUT2D eigenvalue weighted by Gasteiger charge is -2.18. The summed E-state index contributed by atoms with van der Waals surface area (Å²) in [7, 11) is 0. The molecule has 0 heterocycles. The number of hydrogen-bond acceptors (Lipinski definition) is 2. The molecule has 0 aromatic heterocycles. The summed E-state index contributed by atoms with van der Waals surface area (Å²) in [5.74, 6) is 5.73. The van der Waals surface area contributed by atoms with Crippen molar-refractivity contribution < 1.29 is 4.79 Å². The zero-order valence-electron chi connectivity index (χ0n) is 12.1. The SMILES string of the molecule is Cc1ccc(C(=O)NCC(C)(C)C)cc1C#CCN. The maximum absolute atomic E-state index is 12.0. The lowest BCUT2D eigenvalue weighted by Crippen LogP contribution is -2.32. The van der Waals surface area contributed by atoms with E-state index in [0.717, 1.165) is 11.1 Å². The highest BCUT2D eigenvalue weighted by atomic mass is 16.1. The second kappa shape index (κ2) is 6.40. The fraction of sp³-hybridized carbons (Fsp3) is 0.438. The molecule has 1 aromatic rings. The number of benzene rings is 1. The van der Waals surface area contributed by atoms with E-state index in [2.05, 4.69) is 37.9 Å². The van der Waals surface area contributed by atoms with Gasteiger partial charge in [0, 0.05) is 17.7 Å². The van der Waals surface area contributed by atoms with Gasteiger partial charge in [0.2, 0.25) is 0 Å². The molecule has 3 N–H and O–H groups in total. The van der Waals surface area contributed by atoms with Crippen molar-refractivity contribution in [3.63, 3.8) is 0 Å². The van der Waals surface area contributed by atoms with Crippen LogP contribution in [0.2, 0.25) is 0 Å². The van der Waals surface area contributed by atoms with E-state index in [1.165, 1.54) is 0 Å². The van der Waals surface area contributed by atoms with Crippen molar-refractivity contribution >= 4 is 5.91 Å². The molecular formula is C16H22N2O. The van der Waals surface area contributed by atoms with Gasteiger partial charge in [-0.3, -0.25) is 4.79 Å². The van der Waals surface area contributed by atoms with Crippen molar-refractivity contribution in [1.29, 1.82) is 0 Å². The van der Waals surface area contributed by atoms with E-state index < -0.39 is 0 Å². The molecule has 1 amide bonds. The van der Waals surface area contributed by atoms with Gasteiger partial charge < -0.3 is 11.1 Å². The first-order chi connectivity index (χ1) is 8.83. The van der Waals surface area contributed by atoms with E-state index in [1.807, 2.05) is 25.1 Å². The molecule has 0 unspecified atom stereocenters. The lowest BCUT2D eigenvalue weighted by atomic mass is 9.96. The molecule has 3 heteroatoms. The van der Waals surface area contributed by atoms with E-state index in [1.54, 1.807) is 0 Å². The van der Waals surface area contributed by atoms with E-state index in [0.29, 0.717) is 18.7 Å². The van der Waals surface area contributed by atoms with Gasteiger partial charge in [0.15, 0.2) is 0 Å². The molecule has 0 saturated carbocycles. The minimum Gasteiger partial charge on any atom is -0.352 e. The van der Waals surface area contributed by atoms with Crippen LogP contribution in [0.1, 0.15) is 42.3 Å². The molecule has 0 fully saturated rings. The first-order valence-corrected chi connectivity index (χ1v) is 6.41. The minimum atomic E-state index is -0.0641. The van der Waals surface area contributed by atoms with E-state index in [-0.39, 0.29) is 11.3 Å². The first-order valence-electron chi connectivity index (χ1n) is 6.41. The number of nitrogens with two attached hydrogens (primary N) is 1. The Labute approximate surface area is 115 Å². The smallest absolute Gasteiger partial charge is 0.251 e. The molecule has 3 nitrogen and oxygen atoms in total. The van der Waals surface area contributed by atoms with Gasteiger partial charge in [0.1, 0.15) is 0 Å². The first kappa shape index (κ1) is 15.3. The van der Waals surface area contributed by atoms with Crippen molar-refractivity contribution in [2.75, 3.05) is 13.1 Å². The predicted molar refractivity (Wildman–Crippen MR) is 78.9 cm³/mol. The number of rotatable bonds is 2. The van der Waals surface area contributed by atoms with E-state index in [4.69, 9.17) is 5.73 Å². The van der Waals surface area contributed by atoms with Gasteiger partial charge >= 0.3 is 0 Å². The van der Waals surface area contributed by atoms with Crippen molar-refractivity contribution in [2.24, 2.45) is 11.1 Å². The number of aryl methyl sites for hydroxylation is 1. The number of carbonyl (C=O) groups excluding carboxylic acids is 1. The predicted octanol–water partition coefficient (Wildman–Crippen LogP) is 2.08. The second-order valence-electron chi connectivity index (χ2n) is 5.78. The van der Waals surface area contributed by atoms with Crippen LogP contribution in [0.25, 0.3) is 0 Å². The quantitative estimate of drug-likeness (QED) is 0.798. The molecule has 0 aliphatic rings. The third-order valence-corrected chi connectivity index (χ3v) is 2.60. The van der Waals surface area contributed by atoms with Gasteiger partial charge in [-0.25, -0.2) is 0 Å². The average Bonchev–Trinajstić information content (AvgIpc) is 2.34. The van der Waals surface area contributed by atoms with Crippen molar-refractivity contribution in [3.8, 4) is 11.8 Å². The summed E-state index contributed by atoms with van der Waals surface area (Å²) in [4.78, 5) is 12.0. The summed E-state index contributed by atoms with van der Waals surface area (Å²) < 4.78 is 0. The maximum atomic E-state index is 12.0. The molecule has 1 rings (SSSR count). The maximum Gasteiger partial charge on any atom is 0.251 e. The summed E-state index contributed by atoms with van der Waals surface area (Å²) in [6, 6.07) is 5.55. The zero-order chi connectivity index (χ0) is 14.5. The van der Waals surface area contributed by atoms with Gasteiger partial charge in [0.05, 0.1) is 6.54 Å². The number of nitrogens with one attached hydrogen (secondary N) is 1. The summed E-state index contributed by atoms with van der Waals surface area (Å²) >= 11 is 0. The Bertz CT molecular complexity index is 516. The Morgan fingerprint density at radius 2 is 2.05 bits per heavy atom. The van der Waals surface area contributed by atoms with Crippen molar-refractivity contribution in [3.05, 3.63) is 34.9 Å². The topological polar surface area (TPSA) is 55.1 Å². The van der Waals surface area contributed by atoms with Gasteiger partial charge in [-0.15, -0.1) is 0 Å². The average molecular weight is 258 g/mol. The minimum absolute atomic E-state index is 0.0641. The standard InChI is InChI=1S/C16H22N2O/c1-12-7-8-14(10-13(12)6-5-9-17)15(19)18-11-16(2,3)4/h7-8,10H,9,11,17H2,1-4H3,(H,18,19). The molecule has 0 spiro atoms. The van der Waals surface area contributed by atoms with Crippen LogP contribution >= 0.6 is 0 Å². The van der Waals surface area contributed by atoms with Gasteiger partial charge in [0.25, 0.3) is 5.91 Å². The van der Waals surface area contributed by atoms with E-state index >= 15 is 0 Å². The summed E-state index contributed by atoms with van der Waals surface area (Å²) in [5, 5.41) is 2.93. The third-order valence-electron chi connectivity index (χ3n) is 2.60. The van der Waals surface area contributed by atoms with Gasteiger partial charge in [-0.2, -0.15) is 0 Å². The summed E-state index contributed by atoms with van der Waals surface area (Å²) in [6.07, 6.45) is 0. The molecule has 1 aromatic carbocycles. The molecule has 0 aliphatic heterocycles. The molecular weight excluding hydrogens is 236 g/mol. The fourth-order valence-corrected chi connectivity index (χ4v) is 1.49. The zero-order valence-corrected chi connectivity index (χ0v) is 12.1. The highest BCUT2D eigenvalue weighted by Gasteiger charge is 2.13. The van der Waals surface area contributed by atoms with Crippen LogP contribution in [-0.4, -0.2) is 19.0 Å². The number of amides is 1. The Morgan fingerprint density at radius 1 is 1.37 bits per heavy atom. The van der Waals surface area contributed by atoms with Crippen LogP contribution < -0.4 is 11.1 Å². The van der Waals surface area contributed by atoms with E-state index in [9.17, 15) is 4.79 Å². The van der Waals surface area contributed by atoms with Crippen LogP contribution in [0.5, 0.6) is 0 Å². The monoisotopic (exact) mass is 258 g/mol.